The summed E-state index contributed by atoms with van der Waals surface area (Å²) < 4.78 is 10.6. The van der Waals surface area contributed by atoms with Gasteiger partial charge in [-0.1, -0.05) is 48.5 Å². The maximum atomic E-state index is 13.0. The third-order valence-electron chi connectivity index (χ3n) is 7.82. The average molecular weight is 479 g/mol. The number of carbonyl (C=O) groups is 3. The maximum Gasteiger partial charge on any atom is 0.407 e. The van der Waals surface area contributed by atoms with Crippen LogP contribution in [-0.2, 0) is 19.1 Å². The van der Waals surface area contributed by atoms with Crippen LogP contribution in [0, 0.1) is 11.3 Å². The zero-order chi connectivity index (χ0) is 24.8. The first-order valence-corrected chi connectivity index (χ1v) is 11.9. The zero-order valence-electron chi connectivity index (χ0n) is 19.9. The van der Waals surface area contributed by atoms with Gasteiger partial charge in [-0.05, 0) is 54.4 Å². The van der Waals surface area contributed by atoms with E-state index in [1.54, 1.807) is 0 Å². The van der Waals surface area contributed by atoms with E-state index in [1.165, 1.54) is 25.2 Å². The van der Waals surface area contributed by atoms with Crippen molar-refractivity contribution in [2.24, 2.45) is 11.3 Å². The number of aliphatic carboxylic acids is 1. The number of amides is 2. The fourth-order valence-corrected chi connectivity index (χ4v) is 5.91. The Hall–Kier alpha value is -3.39. The van der Waals surface area contributed by atoms with Crippen molar-refractivity contribution in [1.29, 1.82) is 0 Å². The van der Waals surface area contributed by atoms with Gasteiger partial charge in [0.15, 0.2) is 5.54 Å². The van der Waals surface area contributed by atoms with Gasteiger partial charge in [0, 0.05) is 19.1 Å². The van der Waals surface area contributed by atoms with Crippen LogP contribution in [0.25, 0.3) is 11.1 Å². The van der Waals surface area contributed by atoms with Gasteiger partial charge in [0.1, 0.15) is 6.61 Å². The fourth-order valence-electron chi connectivity index (χ4n) is 5.91. The Labute approximate surface area is 204 Å². The van der Waals surface area contributed by atoms with Crippen LogP contribution < -0.4 is 10.6 Å². The first kappa shape index (κ1) is 23.4. The molecular formula is C27H30N2O6. The van der Waals surface area contributed by atoms with Gasteiger partial charge in [0.2, 0.25) is 5.91 Å². The van der Waals surface area contributed by atoms with Gasteiger partial charge >= 0.3 is 12.1 Å². The number of carboxylic acids is 1. The highest BCUT2D eigenvalue weighted by Crippen LogP contribution is 2.63. The molecule has 35 heavy (non-hydrogen) atoms. The number of hydrogen-bond donors (Lipinski definition) is 3. The molecule has 0 aliphatic heterocycles. The Bertz CT molecular complexity index is 1140. The van der Waals surface area contributed by atoms with Crippen molar-refractivity contribution >= 4 is 18.0 Å². The summed E-state index contributed by atoms with van der Waals surface area (Å²) in [5.74, 6) is -1.33. The van der Waals surface area contributed by atoms with Crippen LogP contribution in [0.1, 0.15) is 43.2 Å². The van der Waals surface area contributed by atoms with Gasteiger partial charge in [-0.25, -0.2) is 9.59 Å². The third kappa shape index (κ3) is 4.05. The van der Waals surface area contributed by atoms with Crippen molar-refractivity contribution in [3.8, 4) is 11.1 Å². The molecule has 2 fully saturated rings. The highest BCUT2D eigenvalue weighted by Gasteiger charge is 2.66. The lowest BCUT2D eigenvalue weighted by atomic mass is 9.97. The average Bonchev–Trinajstić information content (AvgIpc) is 3.26. The second kappa shape index (κ2) is 8.68. The lowest BCUT2D eigenvalue weighted by Gasteiger charge is -2.28. The van der Waals surface area contributed by atoms with Gasteiger partial charge in [-0.2, -0.15) is 0 Å². The van der Waals surface area contributed by atoms with Gasteiger partial charge < -0.3 is 25.2 Å². The predicted molar refractivity (Wildman–Crippen MR) is 128 cm³/mol. The predicted octanol–water partition coefficient (Wildman–Crippen LogP) is 3.30. The second-order valence-corrected chi connectivity index (χ2v) is 10.2. The number of benzene rings is 2. The summed E-state index contributed by atoms with van der Waals surface area (Å²) in [4.78, 5) is 37.3. The number of hydrogen-bond acceptors (Lipinski definition) is 5. The SMILES string of the molecule is COCC(C)(NC(=O)[C@]12C[C@H](NC(=O)OCC3c4ccccc4-c4ccccc43)C[C@H]1C2)C(=O)O. The Morgan fingerprint density at radius 3 is 2.29 bits per heavy atom. The normalized spacial score (nSPS) is 25.5. The van der Waals surface area contributed by atoms with E-state index in [2.05, 4.69) is 34.9 Å². The van der Waals surface area contributed by atoms with Crippen LogP contribution in [0.15, 0.2) is 48.5 Å². The number of nitrogens with one attached hydrogen (secondary N) is 2. The molecule has 0 spiro atoms. The maximum absolute atomic E-state index is 13.0. The first-order valence-electron chi connectivity index (χ1n) is 11.9. The van der Waals surface area contributed by atoms with Crippen LogP contribution >= 0.6 is 0 Å². The molecule has 8 nitrogen and oxygen atoms in total. The Kier molecular flexibility index (Phi) is 5.79. The molecule has 0 heterocycles. The number of carboxylic acid groups (broad SMARTS) is 1. The van der Waals surface area contributed by atoms with E-state index >= 15 is 0 Å². The molecule has 5 rings (SSSR count). The van der Waals surface area contributed by atoms with E-state index in [4.69, 9.17) is 9.47 Å². The summed E-state index contributed by atoms with van der Waals surface area (Å²) >= 11 is 0. The molecule has 0 radical (unpaired) electrons. The van der Waals surface area contributed by atoms with E-state index in [0.717, 1.165) is 11.1 Å². The molecule has 3 N–H and O–H groups in total. The van der Waals surface area contributed by atoms with E-state index in [9.17, 15) is 19.5 Å². The van der Waals surface area contributed by atoms with E-state index in [0.29, 0.717) is 19.3 Å². The highest BCUT2D eigenvalue weighted by molar-refractivity contribution is 5.92. The molecule has 2 aromatic rings. The Balaban J connectivity index is 1.18. The molecular weight excluding hydrogens is 448 g/mol. The number of carbonyl (C=O) groups excluding carboxylic acids is 2. The Morgan fingerprint density at radius 2 is 1.69 bits per heavy atom. The number of methoxy groups -OCH3 is 1. The van der Waals surface area contributed by atoms with Gasteiger partial charge in [-0.3, -0.25) is 4.79 Å². The minimum atomic E-state index is -1.49. The van der Waals surface area contributed by atoms with Crippen molar-refractivity contribution in [2.45, 2.75) is 43.7 Å². The van der Waals surface area contributed by atoms with Crippen molar-refractivity contribution in [3.63, 3.8) is 0 Å². The first-order chi connectivity index (χ1) is 16.8. The molecule has 0 aromatic heterocycles. The molecule has 184 valence electrons. The third-order valence-corrected chi connectivity index (χ3v) is 7.82. The number of ether oxygens (including phenoxy) is 2. The summed E-state index contributed by atoms with van der Waals surface area (Å²) in [7, 11) is 1.40. The minimum Gasteiger partial charge on any atom is -0.479 e. The molecule has 8 heteroatoms. The summed E-state index contributed by atoms with van der Waals surface area (Å²) in [6.07, 6.45) is 1.34. The van der Waals surface area contributed by atoms with Crippen molar-refractivity contribution in [1.82, 2.24) is 10.6 Å². The molecule has 4 atom stereocenters. The summed E-state index contributed by atoms with van der Waals surface area (Å²) in [6.45, 7) is 1.54. The monoisotopic (exact) mass is 478 g/mol. The molecule has 1 unspecified atom stereocenters. The zero-order valence-corrected chi connectivity index (χ0v) is 19.9. The van der Waals surface area contributed by atoms with Crippen LogP contribution in [0.4, 0.5) is 4.79 Å². The molecule has 0 bridgehead atoms. The van der Waals surface area contributed by atoms with Crippen LogP contribution in [-0.4, -0.2) is 55.0 Å². The van der Waals surface area contributed by atoms with Crippen LogP contribution in [0.3, 0.4) is 0 Å². The lowest BCUT2D eigenvalue weighted by Crippen LogP contribution is -2.57. The Morgan fingerprint density at radius 1 is 1.06 bits per heavy atom. The highest BCUT2D eigenvalue weighted by atomic mass is 16.5. The van der Waals surface area contributed by atoms with Crippen molar-refractivity contribution in [2.75, 3.05) is 20.3 Å². The quantitative estimate of drug-likeness (QED) is 0.537. The number of rotatable bonds is 8. The summed E-state index contributed by atoms with van der Waals surface area (Å²) in [5, 5.41) is 15.1. The van der Waals surface area contributed by atoms with Gasteiger partial charge in [0.05, 0.1) is 12.0 Å². The van der Waals surface area contributed by atoms with Gasteiger partial charge in [-0.15, -0.1) is 0 Å². The minimum absolute atomic E-state index is 0.0169. The smallest absolute Gasteiger partial charge is 0.407 e. The number of alkyl carbamates (subject to hydrolysis) is 1. The number of fused-ring (bicyclic) bond motifs is 4. The summed E-state index contributed by atoms with van der Waals surface area (Å²) in [5.41, 5.74) is 2.51. The molecule has 0 saturated heterocycles. The lowest BCUT2D eigenvalue weighted by molar-refractivity contribution is -0.150. The molecule has 2 aromatic carbocycles. The van der Waals surface area contributed by atoms with Crippen molar-refractivity contribution in [3.05, 3.63) is 59.7 Å². The molecule has 2 saturated carbocycles. The van der Waals surface area contributed by atoms with E-state index in [-0.39, 0.29) is 37.0 Å². The largest absolute Gasteiger partial charge is 0.479 e. The van der Waals surface area contributed by atoms with Crippen molar-refractivity contribution < 1.29 is 29.0 Å². The topological polar surface area (TPSA) is 114 Å². The molecule has 3 aliphatic rings. The van der Waals surface area contributed by atoms with Gasteiger partial charge in [0.25, 0.3) is 0 Å². The standard InChI is InChI=1S/C27H30N2O6/c1-26(15-34-2,24(31)32)29-23(30)27-12-16(27)11-17(13-27)28-25(33)35-14-22-20-9-5-3-7-18(20)19-8-4-6-10-21(19)22/h3-10,16-17,22H,11-15H2,1-2H3,(H,28,33)(H,29,30)(H,31,32)/t16-,17+,26?,27+/m0/s1. The summed E-state index contributed by atoms with van der Waals surface area (Å²) in [6, 6.07) is 16.1. The van der Waals surface area contributed by atoms with Crippen LogP contribution in [0.5, 0.6) is 0 Å². The second-order valence-electron chi connectivity index (χ2n) is 10.2. The molecule has 2 amide bonds. The molecule has 3 aliphatic carbocycles. The van der Waals surface area contributed by atoms with E-state index < -0.39 is 23.0 Å². The van der Waals surface area contributed by atoms with E-state index in [1.807, 2.05) is 24.3 Å². The van der Waals surface area contributed by atoms with Crippen LogP contribution in [0.2, 0.25) is 0 Å². The fraction of sp³-hybridized carbons (Fsp3) is 0.444.